The van der Waals surface area contributed by atoms with Crippen LogP contribution in [0.4, 0.5) is 0 Å². The highest BCUT2D eigenvalue weighted by Crippen LogP contribution is 2.15. The fourth-order valence-corrected chi connectivity index (χ4v) is 3.89. The van der Waals surface area contributed by atoms with E-state index in [0.29, 0.717) is 6.42 Å². The van der Waals surface area contributed by atoms with Crippen LogP contribution in [0.1, 0.15) is 12.8 Å². The van der Waals surface area contributed by atoms with Gasteiger partial charge in [0.1, 0.15) is 0 Å². The first kappa shape index (κ1) is 15.9. The van der Waals surface area contributed by atoms with Gasteiger partial charge in [0.2, 0.25) is 15.9 Å². The second-order valence-corrected chi connectivity index (χ2v) is 8.63. The van der Waals surface area contributed by atoms with Crippen molar-refractivity contribution in [1.29, 1.82) is 0 Å². The predicted molar refractivity (Wildman–Crippen MR) is 75.9 cm³/mol. The second-order valence-electron chi connectivity index (χ2n) is 4.90. The molecule has 1 unspecified atom stereocenters. The van der Waals surface area contributed by atoms with Crippen LogP contribution in [0.3, 0.4) is 0 Å². The molecule has 9 heteroatoms. The summed E-state index contributed by atoms with van der Waals surface area (Å²) in [6, 6.07) is 4.65. The first-order valence-electron chi connectivity index (χ1n) is 6.28. The summed E-state index contributed by atoms with van der Waals surface area (Å²) < 4.78 is 49.5. The largest absolute Gasteiger partial charge is 0.355 e. The maximum absolute atomic E-state index is 12.2. The number of benzene rings is 1. The molecule has 1 fully saturated rings. The number of carbonyl (C=O) groups is 1. The van der Waals surface area contributed by atoms with E-state index in [-0.39, 0.29) is 34.7 Å². The lowest BCUT2D eigenvalue weighted by atomic mass is 10.1. The van der Waals surface area contributed by atoms with E-state index in [9.17, 15) is 21.6 Å². The minimum absolute atomic E-state index is 0.00759. The second kappa shape index (κ2) is 5.74. The van der Waals surface area contributed by atoms with Crippen LogP contribution in [0.2, 0.25) is 0 Å². The Morgan fingerprint density at radius 3 is 2.14 bits per heavy atom. The maximum atomic E-state index is 12.2. The van der Waals surface area contributed by atoms with Crippen LogP contribution in [0.5, 0.6) is 0 Å². The molecule has 0 spiro atoms. The van der Waals surface area contributed by atoms with E-state index in [4.69, 9.17) is 0 Å². The van der Waals surface area contributed by atoms with Crippen LogP contribution in [-0.4, -0.2) is 41.6 Å². The summed E-state index contributed by atoms with van der Waals surface area (Å²) in [5, 5.41) is 2.59. The lowest BCUT2D eigenvalue weighted by Crippen LogP contribution is -2.47. The summed E-state index contributed by atoms with van der Waals surface area (Å²) >= 11 is 0. The van der Waals surface area contributed by atoms with Crippen molar-refractivity contribution in [1.82, 2.24) is 10.0 Å². The number of sulfone groups is 1. The lowest BCUT2D eigenvalue weighted by Gasteiger charge is -2.23. The minimum Gasteiger partial charge on any atom is -0.355 e. The predicted octanol–water partition coefficient (Wildman–Crippen LogP) is -0.353. The summed E-state index contributed by atoms with van der Waals surface area (Å²) in [4.78, 5) is 11.1. The fourth-order valence-electron chi connectivity index (χ4n) is 1.99. The molecule has 1 heterocycles. The molecule has 0 aromatic heterocycles. The number of hydrogen-bond acceptors (Lipinski definition) is 5. The summed E-state index contributed by atoms with van der Waals surface area (Å²) in [5.74, 6) is -0.0945. The number of nitrogens with one attached hydrogen (secondary N) is 2. The van der Waals surface area contributed by atoms with Gasteiger partial charge in [0, 0.05) is 25.3 Å². The molecule has 1 atom stereocenters. The van der Waals surface area contributed by atoms with E-state index in [1.54, 1.807) is 0 Å². The molecular formula is C12H16N2O5S2. The highest BCUT2D eigenvalue weighted by molar-refractivity contribution is 7.90. The minimum atomic E-state index is -3.74. The van der Waals surface area contributed by atoms with Crippen LogP contribution in [0.25, 0.3) is 0 Å². The van der Waals surface area contributed by atoms with Crippen molar-refractivity contribution in [2.24, 2.45) is 0 Å². The normalized spacial score (nSPS) is 20.0. The molecule has 21 heavy (non-hydrogen) atoms. The molecule has 0 saturated carbocycles. The van der Waals surface area contributed by atoms with Gasteiger partial charge in [0.25, 0.3) is 0 Å². The topological polar surface area (TPSA) is 109 Å². The zero-order chi connectivity index (χ0) is 15.7. The van der Waals surface area contributed by atoms with Crippen molar-refractivity contribution >= 4 is 25.8 Å². The zero-order valence-corrected chi connectivity index (χ0v) is 13.0. The van der Waals surface area contributed by atoms with Crippen LogP contribution >= 0.6 is 0 Å². The molecule has 1 aliphatic rings. The van der Waals surface area contributed by atoms with Crippen molar-refractivity contribution in [3.05, 3.63) is 24.3 Å². The van der Waals surface area contributed by atoms with E-state index in [1.165, 1.54) is 24.3 Å². The molecule has 116 valence electrons. The van der Waals surface area contributed by atoms with Gasteiger partial charge in [-0.05, 0) is 30.7 Å². The first-order chi connectivity index (χ1) is 9.68. The van der Waals surface area contributed by atoms with Crippen molar-refractivity contribution in [3.8, 4) is 0 Å². The van der Waals surface area contributed by atoms with Crippen molar-refractivity contribution in [3.63, 3.8) is 0 Å². The summed E-state index contributed by atoms with van der Waals surface area (Å²) in [6.07, 6.45) is 1.77. The first-order valence-corrected chi connectivity index (χ1v) is 9.65. The third kappa shape index (κ3) is 4.02. The molecule has 1 aromatic carbocycles. The highest BCUT2D eigenvalue weighted by Gasteiger charge is 2.24. The van der Waals surface area contributed by atoms with Crippen LogP contribution in [0.15, 0.2) is 34.1 Å². The molecule has 0 aliphatic carbocycles. The molecule has 0 bridgehead atoms. The molecule has 0 radical (unpaired) electrons. The molecule has 2 rings (SSSR count). The third-order valence-corrected chi connectivity index (χ3v) is 5.81. The monoisotopic (exact) mass is 332 g/mol. The Kier molecular flexibility index (Phi) is 4.35. The van der Waals surface area contributed by atoms with E-state index >= 15 is 0 Å². The Labute approximate surface area is 123 Å². The smallest absolute Gasteiger partial charge is 0.240 e. The van der Waals surface area contributed by atoms with Gasteiger partial charge in [0.15, 0.2) is 9.84 Å². The standard InChI is InChI=1S/C12H16N2O5S2/c1-20(16,17)10-3-5-11(6-4-10)21(18,19)14-9-2-7-12(15)13-8-9/h3-6,9,14H,2,7-8H2,1H3,(H,13,15). The number of hydrogen-bond donors (Lipinski definition) is 2. The van der Waals surface area contributed by atoms with Gasteiger partial charge in [-0.15, -0.1) is 0 Å². The van der Waals surface area contributed by atoms with Crippen molar-refractivity contribution in [2.75, 3.05) is 12.8 Å². The van der Waals surface area contributed by atoms with Gasteiger partial charge >= 0.3 is 0 Å². The number of amides is 1. The van der Waals surface area contributed by atoms with Gasteiger partial charge in [-0.2, -0.15) is 0 Å². The molecule has 7 nitrogen and oxygen atoms in total. The van der Waals surface area contributed by atoms with Crippen LogP contribution < -0.4 is 10.0 Å². The summed E-state index contributed by atoms with van der Waals surface area (Å²) in [7, 11) is -7.10. The number of piperidine rings is 1. The van der Waals surface area contributed by atoms with E-state index in [0.717, 1.165) is 6.26 Å². The van der Waals surface area contributed by atoms with Gasteiger partial charge in [-0.3, -0.25) is 4.79 Å². The molecule has 1 aliphatic heterocycles. The third-order valence-electron chi connectivity index (χ3n) is 3.15. The Morgan fingerprint density at radius 2 is 1.67 bits per heavy atom. The number of sulfonamides is 1. The molecule has 1 aromatic rings. The SMILES string of the molecule is CS(=O)(=O)c1ccc(S(=O)(=O)NC2CCC(=O)NC2)cc1. The van der Waals surface area contributed by atoms with E-state index < -0.39 is 19.9 Å². The van der Waals surface area contributed by atoms with Gasteiger partial charge in [-0.1, -0.05) is 0 Å². The molecular weight excluding hydrogens is 316 g/mol. The van der Waals surface area contributed by atoms with Crippen molar-refractivity contribution in [2.45, 2.75) is 28.7 Å². The fraction of sp³-hybridized carbons (Fsp3) is 0.417. The van der Waals surface area contributed by atoms with Gasteiger partial charge in [0.05, 0.1) is 9.79 Å². The Morgan fingerprint density at radius 1 is 1.10 bits per heavy atom. The van der Waals surface area contributed by atoms with Gasteiger partial charge < -0.3 is 5.32 Å². The number of carbonyl (C=O) groups excluding carboxylic acids is 1. The van der Waals surface area contributed by atoms with Crippen molar-refractivity contribution < 1.29 is 21.6 Å². The van der Waals surface area contributed by atoms with Gasteiger partial charge in [-0.25, -0.2) is 21.6 Å². The Hall–Kier alpha value is -1.45. The maximum Gasteiger partial charge on any atom is 0.240 e. The summed E-state index contributed by atoms with van der Waals surface area (Å²) in [6.45, 7) is 0.249. The number of rotatable bonds is 4. The van der Waals surface area contributed by atoms with E-state index in [1.807, 2.05) is 0 Å². The van der Waals surface area contributed by atoms with Crippen LogP contribution in [-0.2, 0) is 24.7 Å². The summed E-state index contributed by atoms with van der Waals surface area (Å²) in [5.41, 5.74) is 0. The molecule has 2 N–H and O–H groups in total. The quantitative estimate of drug-likeness (QED) is 0.783. The molecule has 1 saturated heterocycles. The Balaban J connectivity index is 2.14. The molecule has 1 amide bonds. The van der Waals surface area contributed by atoms with E-state index in [2.05, 4.69) is 10.0 Å². The Bertz CT molecular complexity index is 728. The zero-order valence-electron chi connectivity index (χ0n) is 11.4. The van der Waals surface area contributed by atoms with Crippen LogP contribution in [0, 0.1) is 0 Å². The highest BCUT2D eigenvalue weighted by atomic mass is 32.2. The average molecular weight is 332 g/mol. The lowest BCUT2D eigenvalue weighted by molar-refractivity contribution is -0.122. The average Bonchev–Trinajstić information content (AvgIpc) is 2.40.